The van der Waals surface area contributed by atoms with Crippen LogP contribution >= 0.6 is 0 Å². The summed E-state index contributed by atoms with van der Waals surface area (Å²) in [6.45, 7) is 7.25. The fourth-order valence-corrected chi connectivity index (χ4v) is 2.04. The number of nitrogen functional groups attached to an aromatic ring is 1. The number of hydrogen-bond acceptors (Lipinski definition) is 3. The van der Waals surface area contributed by atoms with Crippen LogP contribution in [0.2, 0.25) is 0 Å². The van der Waals surface area contributed by atoms with E-state index in [1.165, 1.54) is 0 Å². The predicted octanol–water partition coefficient (Wildman–Crippen LogP) is 2.16. The monoisotopic (exact) mass is 292 g/mol. The Morgan fingerprint density at radius 3 is 2.24 bits per heavy atom. The van der Waals surface area contributed by atoms with Gasteiger partial charge in [0.25, 0.3) is 0 Å². The number of anilines is 1. The molecule has 1 amide bonds. The molecule has 4 N–H and O–H groups in total. The summed E-state index contributed by atoms with van der Waals surface area (Å²) in [5, 5.41) is 11.9. The van der Waals surface area contributed by atoms with E-state index in [-0.39, 0.29) is 11.8 Å². The van der Waals surface area contributed by atoms with E-state index in [0.29, 0.717) is 12.1 Å². The highest BCUT2D eigenvalue weighted by molar-refractivity contribution is 5.91. The molecule has 0 aliphatic rings. The summed E-state index contributed by atoms with van der Waals surface area (Å²) in [7, 11) is 0. The van der Waals surface area contributed by atoms with Crippen molar-refractivity contribution in [1.82, 2.24) is 5.32 Å². The maximum absolute atomic E-state index is 12.5. The largest absolute Gasteiger partial charge is 0.480 e. The van der Waals surface area contributed by atoms with Crippen LogP contribution in [0.1, 0.15) is 39.7 Å². The van der Waals surface area contributed by atoms with Crippen molar-refractivity contribution >= 4 is 17.6 Å². The van der Waals surface area contributed by atoms with Gasteiger partial charge in [-0.3, -0.25) is 4.79 Å². The average molecular weight is 292 g/mol. The lowest BCUT2D eigenvalue weighted by molar-refractivity contribution is -0.144. The molecule has 0 fully saturated rings. The lowest BCUT2D eigenvalue weighted by Crippen LogP contribution is -2.50. The van der Waals surface area contributed by atoms with Crippen molar-refractivity contribution in [2.75, 3.05) is 5.73 Å². The Hall–Kier alpha value is -2.04. The van der Waals surface area contributed by atoms with Crippen LogP contribution in [-0.4, -0.2) is 23.0 Å². The summed E-state index contributed by atoms with van der Waals surface area (Å²) >= 11 is 0. The van der Waals surface area contributed by atoms with Crippen molar-refractivity contribution in [3.05, 3.63) is 29.8 Å². The summed E-state index contributed by atoms with van der Waals surface area (Å²) < 4.78 is 0. The first kappa shape index (κ1) is 17.0. The molecule has 0 saturated carbocycles. The van der Waals surface area contributed by atoms with E-state index < -0.39 is 17.4 Å². The Balaban J connectivity index is 2.94. The third-order valence-corrected chi connectivity index (χ3v) is 3.97. The summed E-state index contributed by atoms with van der Waals surface area (Å²) in [5.74, 6) is -1.44. The maximum Gasteiger partial charge on any atom is 0.326 e. The molecule has 5 heteroatoms. The number of carbonyl (C=O) groups excluding carboxylic acids is 1. The molecule has 0 aliphatic heterocycles. The van der Waals surface area contributed by atoms with Gasteiger partial charge in [0, 0.05) is 5.69 Å². The Kier molecular flexibility index (Phi) is 5.35. The number of carboxylic acid groups (broad SMARTS) is 1. The molecule has 116 valence electrons. The molecule has 0 radical (unpaired) electrons. The first-order chi connectivity index (χ1) is 9.70. The normalized spacial score (nSPS) is 14.3. The van der Waals surface area contributed by atoms with Crippen LogP contribution in [0, 0.1) is 5.92 Å². The van der Waals surface area contributed by atoms with Gasteiger partial charge in [0.05, 0.1) is 5.41 Å². The molecule has 0 bridgehead atoms. The third-order valence-electron chi connectivity index (χ3n) is 3.97. The Bertz CT molecular complexity index is 509. The molecule has 0 spiro atoms. The van der Waals surface area contributed by atoms with Crippen LogP contribution in [0.3, 0.4) is 0 Å². The summed E-state index contributed by atoms with van der Waals surface area (Å²) in [4.78, 5) is 23.8. The van der Waals surface area contributed by atoms with Gasteiger partial charge in [-0.1, -0.05) is 32.4 Å². The highest BCUT2D eigenvalue weighted by Crippen LogP contribution is 2.25. The predicted molar refractivity (Wildman–Crippen MR) is 82.9 cm³/mol. The average Bonchev–Trinajstić information content (AvgIpc) is 2.43. The van der Waals surface area contributed by atoms with E-state index in [0.717, 1.165) is 5.56 Å². The highest BCUT2D eigenvalue weighted by Gasteiger charge is 2.34. The quantitative estimate of drug-likeness (QED) is 0.700. The van der Waals surface area contributed by atoms with Gasteiger partial charge < -0.3 is 16.2 Å². The van der Waals surface area contributed by atoms with Crippen molar-refractivity contribution in [2.45, 2.75) is 45.6 Å². The minimum atomic E-state index is -1.01. The van der Waals surface area contributed by atoms with Crippen LogP contribution in [0.4, 0.5) is 5.69 Å². The van der Waals surface area contributed by atoms with Crippen molar-refractivity contribution in [3.8, 4) is 0 Å². The molecular weight excluding hydrogens is 268 g/mol. The second-order valence-electron chi connectivity index (χ2n) is 5.92. The van der Waals surface area contributed by atoms with Crippen LogP contribution in [0.25, 0.3) is 0 Å². The van der Waals surface area contributed by atoms with E-state index >= 15 is 0 Å². The van der Waals surface area contributed by atoms with E-state index in [1.54, 1.807) is 38.1 Å². The molecule has 0 aromatic heterocycles. The first-order valence-corrected chi connectivity index (χ1v) is 7.10. The van der Waals surface area contributed by atoms with Gasteiger partial charge in [0.2, 0.25) is 5.91 Å². The van der Waals surface area contributed by atoms with Gasteiger partial charge in [-0.2, -0.15) is 0 Å². The van der Waals surface area contributed by atoms with Crippen LogP contribution < -0.4 is 11.1 Å². The Morgan fingerprint density at radius 1 is 1.29 bits per heavy atom. The third kappa shape index (κ3) is 3.97. The molecule has 1 rings (SSSR count). The molecular formula is C16H24N2O3. The zero-order valence-corrected chi connectivity index (χ0v) is 13.0. The van der Waals surface area contributed by atoms with E-state index in [9.17, 15) is 14.7 Å². The summed E-state index contributed by atoms with van der Waals surface area (Å²) in [6, 6.07) is 6.15. The van der Waals surface area contributed by atoms with Crippen molar-refractivity contribution in [1.29, 1.82) is 0 Å². The Morgan fingerprint density at radius 2 is 1.81 bits per heavy atom. The van der Waals surface area contributed by atoms with Gasteiger partial charge in [0.1, 0.15) is 6.04 Å². The fraction of sp³-hybridized carbons (Fsp3) is 0.500. The molecule has 0 unspecified atom stereocenters. The maximum atomic E-state index is 12.5. The first-order valence-electron chi connectivity index (χ1n) is 7.10. The number of hydrogen-bond donors (Lipinski definition) is 3. The molecule has 2 atom stereocenters. The zero-order valence-electron chi connectivity index (χ0n) is 13.0. The summed E-state index contributed by atoms with van der Waals surface area (Å²) in [6.07, 6.45) is 0.680. The molecule has 1 aromatic carbocycles. The fourth-order valence-electron chi connectivity index (χ4n) is 2.04. The molecule has 1 aromatic rings. The van der Waals surface area contributed by atoms with Gasteiger partial charge >= 0.3 is 5.97 Å². The van der Waals surface area contributed by atoms with Crippen LogP contribution in [0.5, 0.6) is 0 Å². The number of aliphatic carboxylic acids is 1. The lowest BCUT2D eigenvalue weighted by Gasteiger charge is -2.28. The highest BCUT2D eigenvalue weighted by atomic mass is 16.4. The minimum Gasteiger partial charge on any atom is -0.480 e. The number of nitrogens with one attached hydrogen (secondary N) is 1. The van der Waals surface area contributed by atoms with Gasteiger partial charge in [-0.25, -0.2) is 4.79 Å². The van der Waals surface area contributed by atoms with E-state index in [1.807, 2.05) is 13.8 Å². The minimum absolute atomic E-state index is 0.131. The molecule has 21 heavy (non-hydrogen) atoms. The number of benzene rings is 1. The molecule has 0 aliphatic carbocycles. The van der Waals surface area contributed by atoms with Gasteiger partial charge in [0.15, 0.2) is 0 Å². The zero-order chi connectivity index (χ0) is 16.2. The van der Waals surface area contributed by atoms with Crippen LogP contribution in [0.15, 0.2) is 24.3 Å². The number of nitrogens with two attached hydrogens (primary N) is 1. The number of amides is 1. The number of rotatable bonds is 6. The molecule has 5 nitrogen and oxygen atoms in total. The van der Waals surface area contributed by atoms with E-state index in [4.69, 9.17) is 5.73 Å². The molecule has 0 heterocycles. The van der Waals surface area contributed by atoms with Crippen molar-refractivity contribution < 1.29 is 14.7 Å². The van der Waals surface area contributed by atoms with E-state index in [2.05, 4.69) is 5.32 Å². The summed E-state index contributed by atoms with van der Waals surface area (Å²) in [5.41, 5.74) is 6.24. The lowest BCUT2D eigenvalue weighted by atomic mass is 9.83. The smallest absolute Gasteiger partial charge is 0.326 e. The number of carbonyl (C=O) groups is 2. The number of carboxylic acids is 1. The second-order valence-corrected chi connectivity index (χ2v) is 5.92. The van der Waals surface area contributed by atoms with Crippen LogP contribution in [-0.2, 0) is 15.0 Å². The van der Waals surface area contributed by atoms with Gasteiger partial charge in [-0.15, -0.1) is 0 Å². The van der Waals surface area contributed by atoms with Gasteiger partial charge in [-0.05, 0) is 37.5 Å². The van der Waals surface area contributed by atoms with Crippen molar-refractivity contribution in [2.24, 2.45) is 5.92 Å². The second kappa shape index (κ2) is 6.61. The standard InChI is InChI=1S/C16H24N2O3/c1-5-10(2)13(14(19)20)18-15(21)16(3,4)11-6-8-12(17)9-7-11/h6-10,13H,5,17H2,1-4H3,(H,18,21)(H,19,20)/t10-,13-/m0/s1. The van der Waals surface area contributed by atoms with Crippen molar-refractivity contribution in [3.63, 3.8) is 0 Å². The molecule has 0 saturated heterocycles. The topological polar surface area (TPSA) is 92.4 Å². The SMILES string of the molecule is CC[C@H](C)[C@H](NC(=O)C(C)(C)c1ccc(N)cc1)C(=O)O. The Labute approximate surface area is 125 Å².